The number of aromatic carboxylic acids is 1. The molecule has 1 heterocycles. The number of aryl methyl sites for hydroxylation is 1. The van der Waals surface area contributed by atoms with Crippen molar-refractivity contribution in [2.75, 3.05) is 0 Å². The van der Waals surface area contributed by atoms with Crippen molar-refractivity contribution in [1.82, 2.24) is 4.98 Å². The van der Waals surface area contributed by atoms with Gasteiger partial charge in [-0.1, -0.05) is 66.4 Å². The van der Waals surface area contributed by atoms with Crippen LogP contribution in [0.5, 0.6) is 0 Å². The third kappa shape index (κ3) is 6.02. The maximum absolute atomic E-state index is 11.0. The minimum atomic E-state index is -0.900. The standard InChI is InChI=1S/C24H30BrNO3S/c1-2-3-4-7-20(27)16-9-11-18(12-10-16)23-17(13-14-19(23)25)6-5-8-22-26-15-21(30-22)24(28)29/h9-12,15,17,20,27H,2-8,13-14H2,1H3,(H,28,29)/t17-,20?/m0/s1. The molecule has 2 N–H and O–H groups in total. The van der Waals surface area contributed by atoms with E-state index < -0.39 is 5.97 Å². The van der Waals surface area contributed by atoms with E-state index in [9.17, 15) is 9.90 Å². The number of hydrogen-bond acceptors (Lipinski definition) is 4. The summed E-state index contributed by atoms with van der Waals surface area (Å²) in [7, 11) is 0. The van der Waals surface area contributed by atoms with E-state index >= 15 is 0 Å². The van der Waals surface area contributed by atoms with Crippen LogP contribution in [0.1, 0.15) is 90.2 Å². The number of aromatic nitrogens is 1. The van der Waals surface area contributed by atoms with Gasteiger partial charge in [0.05, 0.1) is 17.3 Å². The van der Waals surface area contributed by atoms with E-state index in [-0.39, 0.29) is 6.10 Å². The molecule has 1 aromatic heterocycles. The highest BCUT2D eigenvalue weighted by atomic mass is 79.9. The zero-order valence-corrected chi connectivity index (χ0v) is 19.8. The third-order valence-electron chi connectivity index (χ3n) is 5.81. The summed E-state index contributed by atoms with van der Waals surface area (Å²) in [5.41, 5.74) is 3.61. The van der Waals surface area contributed by atoms with Crippen molar-refractivity contribution in [3.8, 4) is 0 Å². The quantitative estimate of drug-likeness (QED) is 0.332. The summed E-state index contributed by atoms with van der Waals surface area (Å²) in [4.78, 5) is 15.6. The first-order valence-electron chi connectivity index (χ1n) is 10.8. The third-order valence-corrected chi connectivity index (χ3v) is 7.68. The molecule has 0 amide bonds. The molecule has 1 aromatic carbocycles. The fourth-order valence-electron chi connectivity index (χ4n) is 4.15. The van der Waals surface area contributed by atoms with Gasteiger partial charge in [-0.2, -0.15) is 0 Å². The lowest BCUT2D eigenvalue weighted by Gasteiger charge is -2.17. The average Bonchev–Trinajstić information content (AvgIpc) is 3.35. The highest BCUT2D eigenvalue weighted by Gasteiger charge is 2.25. The Morgan fingerprint density at radius 3 is 2.70 bits per heavy atom. The molecule has 2 aromatic rings. The Bertz CT molecular complexity index is 875. The Morgan fingerprint density at radius 2 is 2.03 bits per heavy atom. The minimum Gasteiger partial charge on any atom is -0.477 e. The molecule has 0 saturated heterocycles. The Morgan fingerprint density at radius 1 is 1.27 bits per heavy atom. The van der Waals surface area contributed by atoms with Crippen LogP contribution in [-0.2, 0) is 6.42 Å². The normalized spacial score (nSPS) is 17.5. The second kappa shape index (κ2) is 11.2. The fourth-order valence-corrected chi connectivity index (χ4v) is 5.73. The van der Waals surface area contributed by atoms with Crippen molar-refractivity contribution in [3.63, 3.8) is 0 Å². The number of halogens is 1. The lowest BCUT2D eigenvalue weighted by Crippen LogP contribution is -2.02. The summed E-state index contributed by atoms with van der Waals surface area (Å²) < 4.78 is 1.28. The van der Waals surface area contributed by atoms with Gasteiger partial charge in [-0.05, 0) is 65.6 Å². The summed E-state index contributed by atoms with van der Waals surface area (Å²) in [5, 5.41) is 20.3. The first-order valence-corrected chi connectivity index (χ1v) is 12.5. The van der Waals surface area contributed by atoms with Gasteiger partial charge >= 0.3 is 5.97 Å². The maximum Gasteiger partial charge on any atom is 0.347 e. The van der Waals surface area contributed by atoms with E-state index in [0.717, 1.165) is 61.9 Å². The molecule has 0 spiro atoms. The van der Waals surface area contributed by atoms with Crippen LogP contribution in [0, 0.1) is 5.92 Å². The van der Waals surface area contributed by atoms with Crippen LogP contribution in [0.2, 0.25) is 0 Å². The summed E-state index contributed by atoms with van der Waals surface area (Å²) in [6.07, 6.45) is 10.4. The zero-order valence-electron chi connectivity index (χ0n) is 17.4. The van der Waals surface area contributed by atoms with Crippen LogP contribution in [0.4, 0.5) is 0 Å². The first-order chi connectivity index (χ1) is 14.5. The van der Waals surface area contributed by atoms with Gasteiger partial charge in [-0.25, -0.2) is 9.78 Å². The Kier molecular flexibility index (Phi) is 8.66. The maximum atomic E-state index is 11.0. The van der Waals surface area contributed by atoms with E-state index in [1.165, 1.54) is 39.6 Å². The molecule has 3 rings (SSSR count). The predicted octanol–water partition coefficient (Wildman–Crippen LogP) is 6.99. The smallest absolute Gasteiger partial charge is 0.347 e. The topological polar surface area (TPSA) is 70.4 Å². The van der Waals surface area contributed by atoms with Crippen LogP contribution in [0.15, 0.2) is 34.9 Å². The molecule has 1 aliphatic carbocycles. The number of rotatable bonds is 11. The molecule has 30 heavy (non-hydrogen) atoms. The lowest BCUT2D eigenvalue weighted by atomic mass is 9.89. The van der Waals surface area contributed by atoms with Gasteiger partial charge < -0.3 is 10.2 Å². The number of carbonyl (C=O) groups is 1. The van der Waals surface area contributed by atoms with Crippen molar-refractivity contribution in [1.29, 1.82) is 0 Å². The number of benzene rings is 1. The van der Waals surface area contributed by atoms with Crippen molar-refractivity contribution in [2.24, 2.45) is 5.92 Å². The average molecular weight is 492 g/mol. The van der Waals surface area contributed by atoms with Crippen molar-refractivity contribution >= 4 is 38.8 Å². The van der Waals surface area contributed by atoms with Gasteiger partial charge in [-0.3, -0.25) is 0 Å². The van der Waals surface area contributed by atoms with Gasteiger partial charge in [0.2, 0.25) is 0 Å². The Labute approximate surface area is 191 Å². The molecule has 1 unspecified atom stereocenters. The molecule has 1 aliphatic rings. The number of carboxylic acid groups (broad SMARTS) is 1. The number of hydrogen-bond donors (Lipinski definition) is 2. The number of aliphatic hydroxyl groups excluding tert-OH is 1. The highest BCUT2D eigenvalue weighted by molar-refractivity contribution is 9.11. The number of unbranched alkanes of at least 4 members (excludes halogenated alkanes) is 2. The molecule has 0 saturated carbocycles. The molecular weight excluding hydrogens is 462 g/mol. The second-order valence-corrected chi connectivity index (χ2v) is 10.1. The number of carboxylic acids is 1. The second-order valence-electron chi connectivity index (χ2n) is 8.00. The number of thiazole rings is 1. The van der Waals surface area contributed by atoms with Gasteiger partial charge in [0.15, 0.2) is 0 Å². The molecule has 4 nitrogen and oxygen atoms in total. The SMILES string of the molecule is CCCCCC(O)c1ccc(C2=C(Br)CC[C@@H]2CCCc2ncc(C(=O)O)s2)cc1. The Balaban J connectivity index is 1.58. The van der Waals surface area contributed by atoms with Gasteiger partial charge in [0.1, 0.15) is 4.88 Å². The molecule has 162 valence electrons. The monoisotopic (exact) mass is 491 g/mol. The summed E-state index contributed by atoms with van der Waals surface area (Å²) in [6, 6.07) is 8.43. The van der Waals surface area contributed by atoms with E-state index in [0.29, 0.717) is 10.8 Å². The van der Waals surface area contributed by atoms with E-state index in [1.807, 2.05) is 0 Å². The van der Waals surface area contributed by atoms with Crippen LogP contribution in [0.3, 0.4) is 0 Å². The summed E-state index contributed by atoms with van der Waals surface area (Å²) in [6.45, 7) is 2.18. The molecular formula is C24H30BrNO3S. The van der Waals surface area contributed by atoms with E-state index in [4.69, 9.17) is 5.11 Å². The van der Waals surface area contributed by atoms with Crippen LogP contribution >= 0.6 is 27.3 Å². The lowest BCUT2D eigenvalue weighted by molar-refractivity contribution is 0.0702. The van der Waals surface area contributed by atoms with E-state index in [1.54, 1.807) is 0 Å². The van der Waals surface area contributed by atoms with Gasteiger partial charge in [-0.15, -0.1) is 11.3 Å². The number of nitrogens with zero attached hydrogens (tertiary/aromatic N) is 1. The first kappa shape index (κ1) is 23.2. The van der Waals surface area contributed by atoms with Gasteiger partial charge in [0, 0.05) is 0 Å². The van der Waals surface area contributed by atoms with Gasteiger partial charge in [0.25, 0.3) is 0 Å². The predicted molar refractivity (Wildman–Crippen MR) is 126 cm³/mol. The molecule has 6 heteroatoms. The molecule has 0 radical (unpaired) electrons. The molecule has 0 bridgehead atoms. The van der Waals surface area contributed by atoms with Crippen molar-refractivity contribution < 1.29 is 15.0 Å². The van der Waals surface area contributed by atoms with Crippen molar-refractivity contribution in [2.45, 2.75) is 70.8 Å². The number of aliphatic hydroxyl groups is 1. The molecule has 0 aliphatic heterocycles. The Hall–Kier alpha value is -1.50. The highest BCUT2D eigenvalue weighted by Crippen LogP contribution is 2.44. The fraction of sp³-hybridized carbons (Fsp3) is 0.500. The number of allylic oxidation sites excluding steroid dienone is 2. The van der Waals surface area contributed by atoms with Crippen molar-refractivity contribution in [3.05, 3.63) is 56.0 Å². The van der Waals surface area contributed by atoms with Crippen LogP contribution in [0.25, 0.3) is 5.57 Å². The molecule has 2 atom stereocenters. The summed E-state index contributed by atoms with van der Waals surface area (Å²) >= 11 is 5.06. The summed E-state index contributed by atoms with van der Waals surface area (Å²) in [5.74, 6) is -0.402. The zero-order chi connectivity index (χ0) is 21.5. The minimum absolute atomic E-state index is 0.311. The van der Waals surface area contributed by atoms with E-state index in [2.05, 4.69) is 52.1 Å². The molecule has 0 fully saturated rings. The van der Waals surface area contributed by atoms with Crippen LogP contribution < -0.4 is 0 Å². The largest absolute Gasteiger partial charge is 0.477 e. The van der Waals surface area contributed by atoms with Crippen LogP contribution in [-0.4, -0.2) is 21.2 Å².